The van der Waals surface area contributed by atoms with Gasteiger partial charge in [0.05, 0.1) is 17.4 Å². The summed E-state index contributed by atoms with van der Waals surface area (Å²) in [6, 6.07) is 15.8. The van der Waals surface area contributed by atoms with Gasteiger partial charge in [0, 0.05) is 36.5 Å². The summed E-state index contributed by atoms with van der Waals surface area (Å²) < 4.78 is 0. The quantitative estimate of drug-likeness (QED) is 0.269. The number of aryl methyl sites for hydroxylation is 3. The van der Waals surface area contributed by atoms with Crippen LogP contribution in [0.3, 0.4) is 0 Å². The Labute approximate surface area is 242 Å². The van der Waals surface area contributed by atoms with Crippen LogP contribution in [-0.2, 0) is 9.59 Å². The fraction of sp³-hybridized carbons (Fsp3) is 0.267. The number of non-ortho nitro benzene ring substituents is 1. The van der Waals surface area contributed by atoms with E-state index >= 15 is 0 Å². The summed E-state index contributed by atoms with van der Waals surface area (Å²) in [6.07, 6.45) is -2.00. The first-order valence-electron chi connectivity index (χ1n) is 13.2. The topological polar surface area (TPSA) is 162 Å². The lowest BCUT2D eigenvalue weighted by Crippen LogP contribution is -2.55. The maximum Gasteiger partial charge on any atom is 0.323 e. The number of rotatable bonds is 8. The number of amides is 4. The Morgan fingerprint density at radius 3 is 2.19 bits per heavy atom. The first-order chi connectivity index (χ1) is 19.9. The summed E-state index contributed by atoms with van der Waals surface area (Å²) in [4.78, 5) is 65.8. The van der Waals surface area contributed by atoms with E-state index < -0.39 is 47.4 Å². The van der Waals surface area contributed by atoms with Gasteiger partial charge in [-0.3, -0.25) is 29.4 Å². The average molecular weight is 574 g/mol. The standard InChI is InChI=1S/C30H31N5O7/c1-18-7-9-21(10-8-18)29(39)33-11-12-34(30(40)31-23-14-19(2)13-20(3)15-23)28(33)27(38)32-25(17-26(36)37)22-5-4-6-24(16-22)35(41)42/h4-10,13-16,25,28H,11-12,17H2,1-3H3,(H,31,40)(H,32,38)(H,36,37). The van der Waals surface area contributed by atoms with Gasteiger partial charge in [-0.1, -0.05) is 35.9 Å². The van der Waals surface area contributed by atoms with Crippen LogP contribution in [0.5, 0.6) is 0 Å². The number of nitro benzene ring substituents is 1. The highest BCUT2D eigenvalue weighted by Crippen LogP contribution is 2.25. The monoisotopic (exact) mass is 573 g/mol. The minimum Gasteiger partial charge on any atom is -0.481 e. The Morgan fingerprint density at radius 2 is 1.57 bits per heavy atom. The third kappa shape index (κ3) is 6.89. The number of carbonyl (C=O) groups is 4. The number of benzene rings is 3. The van der Waals surface area contributed by atoms with E-state index in [4.69, 9.17) is 0 Å². The SMILES string of the molecule is Cc1ccc(C(=O)N2CCN(C(=O)Nc3cc(C)cc(C)c3)C2C(=O)NC(CC(=O)O)c2cccc([N+](=O)[O-])c2)cc1. The Bertz CT molecular complexity index is 1520. The van der Waals surface area contributed by atoms with Gasteiger partial charge in [0.25, 0.3) is 17.5 Å². The van der Waals surface area contributed by atoms with E-state index in [1.54, 1.807) is 36.4 Å². The predicted molar refractivity (Wildman–Crippen MR) is 154 cm³/mol. The molecule has 0 aliphatic carbocycles. The molecule has 12 heteroatoms. The van der Waals surface area contributed by atoms with Gasteiger partial charge in [-0.25, -0.2) is 4.79 Å². The molecule has 2 unspecified atom stereocenters. The van der Waals surface area contributed by atoms with Crippen molar-refractivity contribution in [3.05, 3.63) is 105 Å². The molecule has 1 fully saturated rings. The van der Waals surface area contributed by atoms with Crippen molar-refractivity contribution in [2.45, 2.75) is 39.4 Å². The van der Waals surface area contributed by atoms with Crippen LogP contribution in [0.25, 0.3) is 0 Å². The fourth-order valence-corrected chi connectivity index (χ4v) is 4.97. The average Bonchev–Trinajstić information content (AvgIpc) is 3.37. The minimum absolute atomic E-state index is 0.0344. The normalized spacial score (nSPS) is 15.2. The van der Waals surface area contributed by atoms with Crippen LogP contribution >= 0.6 is 0 Å². The predicted octanol–water partition coefficient (Wildman–Crippen LogP) is 4.17. The molecular weight excluding hydrogens is 542 g/mol. The van der Waals surface area contributed by atoms with Gasteiger partial charge in [-0.15, -0.1) is 0 Å². The lowest BCUT2D eigenvalue weighted by Gasteiger charge is -2.31. The highest BCUT2D eigenvalue weighted by atomic mass is 16.6. The molecule has 1 aliphatic heterocycles. The molecule has 3 aromatic rings. The molecule has 12 nitrogen and oxygen atoms in total. The lowest BCUT2D eigenvalue weighted by atomic mass is 10.0. The van der Waals surface area contributed by atoms with Crippen molar-refractivity contribution in [3.8, 4) is 0 Å². The number of urea groups is 1. The van der Waals surface area contributed by atoms with E-state index in [-0.39, 0.29) is 24.3 Å². The van der Waals surface area contributed by atoms with Crippen molar-refractivity contribution in [2.24, 2.45) is 0 Å². The first kappa shape index (κ1) is 29.7. The number of anilines is 1. The van der Waals surface area contributed by atoms with Gasteiger partial charge in [-0.2, -0.15) is 0 Å². The molecule has 0 aromatic heterocycles. The second-order valence-electron chi connectivity index (χ2n) is 10.2. The molecule has 3 aromatic carbocycles. The minimum atomic E-state index is -1.42. The van der Waals surface area contributed by atoms with Crippen molar-refractivity contribution < 1.29 is 29.2 Å². The van der Waals surface area contributed by atoms with E-state index in [0.717, 1.165) is 16.7 Å². The summed E-state index contributed by atoms with van der Waals surface area (Å²) in [5.74, 6) is -2.54. The van der Waals surface area contributed by atoms with Crippen LogP contribution in [-0.4, -0.2) is 62.9 Å². The largest absolute Gasteiger partial charge is 0.481 e. The lowest BCUT2D eigenvalue weighted by molar-refractivity contribution is -0.384. The maximum atomic E-state index is 13.9. The number of nitro groups is 1. The number of nitrogens with one attached hydrogen (secondary N) is 2. The van der Waals surface area contributed by atoms with Crippen molar-refractivity contribution >= 4 is 35.2 Å². The van der Waals surface area contributed by atoms with Gasteiger partial charge in [0.15, 0.2) is 6.17 Å². The van der Waals surface area contributed by atoms with Crippen LogP contribution < -0.4 is 10.6 Å². The van der Waals surface area contributed by atoms with E-state index in [9.17, 15) is 34.4 Å². The van der Waals surface area contributed by atoms with Crippen molar-refractivity contribution in [2.75, 3.05) is 18.4 Å². The molecule has 2 atom stereocenters. The number of aliphatic carboxylic acids is 1. The Hall–Kier alpha value is -5.26. The Morgan fingerprint density at radius 1 is 0.929 bits per heavy atom. The van der Waals surface area contributed by atoms with Gasteiger partial charge in [0.2, 0.25) is 0 Å². The molecule has 0 spiro atoms. The first-order valence-corrected chi connectivity index (χ1v) is 13.2. The molecule has 1 heterocycles. The van der Waals surface area contributed by atoms with Gasteiger partial charge in [0.1, 0.15) is 0 Å². The van der Waals surface area contributed by atoms with Crippen LogP contribution in [0.4, 0.5) is 16.2 Å². The van der Waals surface area contributed by atoms with Crippen molar-refractivity contribution in [3.63, 3.8) is 0 Å². The molecule has 0 radical (unpaired) electrons. The number of carboxylic acids is 1. The molecule has 1 saturated heterocycles. The third-order valence-electron chi connectivity index (χ3n) is 6.88. The van der Waals surface area contributed by atoms with Gasteiger partial charge in [-0.05, 0) is 61.7 Å². The van der Waals surface area contributed by atoms with Gasteiger partial charge < -0.3 is 20.6 Å². The number of hydrogen-bond donors (Lipinski definition) is 3. The summed E-state index contributed by atoms with van der Waals surface area (Å²) in [5, 5.41) is 26.3. The summed E-state index contributed by atoms with van der Waals surface area (Å²) in [6.45, 7) is 5.72. The summed E-state index contributed by atoms with van der Waals surface area (Å²) in [7, 11) is 0. The zero-order chi connectivity index (χ0) is 30.6. The summed E-state index contributed by atoms with van der Waals surface area (Å²) in [5.41, 5.74) is 3.53. The zero-order valence-electron chi connectivity index (χ0n) is 23.4. The molecule has 1 aliphatic rings. The van der Waals surface area contributed by atoms with Gasteiger partial charge >= 0.3 is 12.0 Å². The number of nitrogens with zero attached hydrogens (tertiary/aromatic N) is 3. The van der Waals surface area contributed by atoms with Crippen LogP contribution in [0.1, 0.15) is 45.1 Å². The van der Waals surface area contributed by atoms with E-state index in [0.29, 0.717) is 11.3 Å². The number of hydrogen-bond acceptors (Lipinski definition) is 6. The smallest absolute Gasteiger partial charge is 0.323 e. The number of carboxylic acid groups (broad SMARTS) is 1. The molecule has 4 amide bonds. The fourth-order valence-electron chi connectivity index (χ4n) is 4.97. The molecule has 4 rings (SSSR count). The highest BCUT2D eigenvalue weighted by molar-refractivity contribution is 6.00. The molecular formula is C30H31N5O7. The molecule has 0 saturated carbocycles. The molecule has 218 valence electrons. The van der Waals surface area contributed by atoms with Crippen molar-refractivity contribution in [1.29, 1.82) is 0 Å². The third-order valence-corrected chi connectivity index (χ3v) is 6.88. The Kier molecular flexibility index (Phi) is 8.84. The van der Waals surface area contributed by atoms with Crippen LogP contribution in [0, 0.1) is 30.9 Å². The molecule has 3 N–H and O–H groups in total. The zero-order valence-corrected chi connectivity index (χ0v) is 23.4. The number of carbonyl (C=O) groups excluding carboxylic acids is 3. The molecule has 0 bridgehead atoms. The Balaban J connectivity index is 1.67. The van der Waals surface area contributed by atoms with E-state index in [1.165, 1.54) is 34.1 Å². The van der Waals surface area contributed by atoms with Crippen molar-refractivity contribution in [1.82, 2.24) is 15.1 Å². The van der Waals surface area contributed by atoms with E-state index in [2.05, 4.69) is 10.6 Å². The van der Waals surface area contributed by atoms with E-state index in [1.807, 2.05) is 26.8 Å². The van der Waals surface area contributed by atoms with Crippen LogP contribution in [0.2, 0.25) is 0 Å². The summed E-state index contributed by atoms with van der Waals surface area (Å²) >= 11 is 0. The molecule has 42 heavy (non-hydrogen) atoms. The second kappa shape index (κ2) is 12.5. The van der Waals surface area contributed by atoms with Crippen LogP contribution in [0.15, 0.2) is 66.7 Å². The second-order valence-corrected chi connectivity index (χ2v) is 10.2. The highest BCUT2D eigenvalue weighted by Gasteiger charge is 2.44. The maximum absolute atomic E-state index is 13.9.